The van der Waals surface area contributed by atoms with E-state index in [-0.39, 0.29) is 16.3 Å². The largest absolute Gasteiger partial charge is 0.463 e. The second kappa shape index (κ2) is 8.33. The smallest absolute Gasteiger partial charge is 0.295 e. The first-order valence-corrected chi connectivity index (χ1v) is 10.0. The van der Waals surface area contributed by atoms with Crippen molar-refractivity contribution in [1.29, 1.82) is 0 Å². The number of rotatable bonds is 7. The second-order valence-corrected chi connectivity index (χ2v) is 7.95. The van der Waals surface area contributed by atoms with Gasteiger partial charge >= 0.3 is 0 Å². The Kier molecular flexibility index (Phi) is 5.85. The van der Waals surface area contributed by atoms with Crippen LogP contribution >= 0.6 is 11.6 Å². The van der Waals surface area contributed by atoms with Crippen LogP contribution in [-0.4, -0.2) is 19.1 Å². The number of nitro groups is 1. The number of nitro benzene ring substituents is 1. The summed E-state index contributed by atoms with van der Waals surface area (Å²) in [4.78, 5) is 10.5. The molecule has 0 saturated carbocycles. The fourth-order valence-electron chi connectivity index (χ4n) is 2.34. The number of hydrogen-bond donors (Lipinski definition) is 2. The number of nitrogens with zero attached hydrogens (tertiary/aromatic N) is 2. The Bertz CT molecular complexity index is 1160. The monoisotopic (exact) mass is 434 g/mol. The summed E-state index contributed by atoms with van der Waals surface area (Å²) in [7, 11) is -4.04. The van der Waals surface area contributed by atoms with Crippen molar-refractivity contribution in [2.24, 2.45) is 5.10 Å². The van der Waals surface area contributed by atoms with Crippen LogP contribution < -0.4 is 10.1 Å². The molecule has 0 spiro atoms. The van der Waals surface area contributed by atoms with E-state index in [0.717, 1.165) is 6.07 Å². The standard InChI is InChI=1S/C18H15ClN4O5S/c1-12(18-3-2-10-28-18)20-21-16-9-8-15(11-17(16)23(24)25)29(26,27)22-14-6-4-13(19)5-7-14/h2-11,21-22H,1H3/b20-12+. The molecule has 0 amide bonds. The molecule has 3 aromatic rings. The molecule has 2 N–H and O–H groups in total. The van der Waals surface area contributed by atoms with E-state index in [1.54, 1.807) is 19.1 Å². The Hall–Kier alpha value is -3.37. The lowest BCUT2D eigenvalue weighted by Gasteiger charge is -2.09. The summed E-state index contributed by atoms with van der Waals surface area (Å²) in [6.07, 6.45) is 1.48. The number of furan rings is 1. The topological polar surface area (TPSA) is 127 Å². The molecule has 0 fully saturated rings. The quantitative estimate of drug-likeness (QED) is 0.320. The Morgan fingerprint density at radius 3 is 2.52 bits per heavy atom. The third-order valence-corrected chi connectivity index (χ3v) is 5.43. The molecule has 3 rings (SSSR count). The molecular formula is C18H15ClN4O5S. The zero-order valence-corrected chi connectivity index (χ0v) is 16.6. The highest BCUT2D eigenvalue weighted by Gasteiger charge is 2.21. The minimum Gasteiger partial charge on any atom is -0.463 e. The molecule has 0 aliphatic rings. The van der Waals surface area contributed by atoms with Crippen LogP contribution in [-0.2, 0) is 10.0 Å². The van der Waals surface area contributed by atoms with Gasteiger partial charge in [-0.3, -0.25) is 20.3 Å². The lowest BCUT2D eigenvalue weighted by Crippen LogP contribution is -2.13. The number of nitrogens with one attached hydrogen (secondary N) is 2. The maximum atomic E-state index is 12.6. The third kappa shape index (κ3) is 4.92. The van der Waals surface area contributed by atoms with Crippen LogP contribution in [0.4, 0.5) is 17.1 Å². The highest BCUT2D eigenvalue weighted by Crippen LogP contribution is 2.29. The van der Waals surface area contributed by atoms with Gasteiger partial charge in [0.05, 0.1) is 16.1 Å². The van der Waals surface area contributed by atoms with Crippen LogP contribution in [0.25, 0.3) is 0 Å². The van der Waals surface area contributed by atoms with E-state index in [4.69, 9.17) is 16.0 Å². The van der Waals surface area contributed by atoms with Gasteiger partial charge in [0.25, 0.3) is 15.7 Å². The zero-order valence-electron chi connectivity index (χ0n) is 15.0. The lowest BCUT2D eigenvalue weighted by molar-refractivity contribution is -0.384. The van der Waals surface area contributed by atoms with Gasteiger partial charge in [-0.15, -0.1) is 0 Å². The predicted octanol–water partition coefficient (Wildman–Crippen LogP) is 4.48. The molecule has 150 valence electrons. The molecule has 2 aromatic carbocycles. The van der Waals surface area contributed by atoms with Gasteiger partial charge in [-0.2, -0.15) is 5.10 Å². The molecule has 0 radical (unpaired) electrons. The van der Waals surface area contributed by atoms with Crippen LogP contribution in [0.5, 0.6) is 0 Å². The van der Waals surface area contributed by atoms with Gasteiger partial charge in [0.15, 0.2) is 0 Å². The minimum atomic E-state index is -4.04. The van der Waals surface area contributed by atoms with Gasteiger partial charge in [0, 0.05) is 16.8 Å². The summed E-state index contributed by atoms with van der Waals surface area (Å²) in [6.45, 7) is 1.66. The maximum Gasteiger partial charge on any atom is 0.295 e. The molecule has 0 aliphatic heterocycles. The fraction of sp³-hybridized carbons (Fsp3) is 0.0556. The Balaban J connectivity index is 1.88. The Labute approximate surface area is 171 Å². The predicted molar refractivity (Wildman–Crippen MR) is 110 cm³/mol. The molecule has 0 unspecified atom stereocenters. The number of anilines is 2. The van der Waals surface area contributed by atoms with E-state index in [1.807, 2.05) is 0 Å². The maximum absolute atomic E-state index is 12.6. The average molecular weight is 435 g/mol. The van der Waals surface area contributed by atoms with Crippen molar-refractivity contribution in [2.75, 3.05) is 10.1 Å². The number of halogens is 1. The zero-order chi connectivity index (χ0) is 21.0. The summed E-state index contributed by atoms with van der Waals surface area (Å²) in [5.41, 5.74) is 2.90. The summed E-state index contributed by atoms with van der Waals surface area (Å²) in [5, 5.41) is 15.9. The van der Waals surface area contributed by atoms with Gasteiger partial charge in [-0.1, -0.05) is 11.6 Å². The number of sulfonamides is 1. The van der Waals surface area contributed by atoms with E-state index in [0.29, 0.717) is 16.5 Å². The molecule has 0 aliphatic carbocycles. The van der Waals surface area contributed by atoms with Crippen LogP contribution in [0.15, 0.2) is 75.3 Å². The van der Waals surface area contributed by atoms with Crippen molar-refractivity contribution in [3.8, 4) is 0 Å². The summed E-state index contributed by atoms with van der Waals surface area (Å²) in [6, 6.07) is 12.9. The fourth-order valence-corrected chi connectivity index (χ4v) is 3.54. The Morgan fingerprint density at radius 2 is 1.90 bits per heavy atom. The van der Waals surface area contributed by atoms with E-state index in [9.17, 15) is 18.5 Å². The third-order valence-electron chi connectivity index (χ3n) is 3.79. The first kappa shape index (κ1) is 20.4. The molecular weight excluding hydrogens is 420 g/mol. The summed E-state index contributed by atoms with van der Waals surface area (Å²) in [5.74, 6) is 0.492. The minimum absolute atomic E-state index is 0.0337. The molecule has 29 heavy (non-hydrogen) atoms. The van der Waals surface area contributed by atoms with Crippen molar-refractivity contribution in [3.63, 3.8) is 0 Å². The van der Waals surface area contributed by atoms with E-state index in [1.165, 1.54) is 42.7 Å². The van der Waals surface area contributed by atoms with E-state index in [2.05, 4.69) is 15.2 Å². The lowest BCUT2D eigenvalue weighted by atomic mass is 10.3. The van der Waals surface area contributed by atoms with Gasteiger partial charge in [0.1, 0.15) is 17.2 Å². The van der Waals surface area contributed by atoms with Gasteiger partial charge in [-0.25, -0.2) is 8.42 Å². The van der Waals surface area contributed by atoms with Crippen LogP contribution in [0, 0.1) is 10.1 Å². The SMILES string of the molecule is C/C(=N\Nc1ccc(S(=O)(=O)Nc2ccc(Cl)cc2)cc1[N+](=O)[O-])c1ccco1. The molecule has 11 heteroatoms. The van der Waals surface area contributed by atoms with Crippen LogP contribution in [0.3, 0.4) is 0 Å². The van der Waals surface area contributed by atoms with Crippen LogP contribution in [0.2, 0.25) is 5.02 Å². The second-order valence-electron chi connectivity index (χ2n) is 5.83. The van der Waals surface area contributed by atoms with Crippen molar-refractivity contribution in [2.45, 2.75) is 11.8 Å². The highest BCUT2D eigenvalue weighted by atomic mass is 35.5. The molecule has 0 saturated heterocycles. The molecule has 0 atom stereocenters. The summed E-state index contributed by atoms with van der Waals surface area (Å²) >= 11 is 5.78. The number of benzene rings is 2. The van der Waals surface area contributed by atoms with Gasteiger partial charge < -0.3 is 4.42 Å². The molecule has 0 bridgehead atoms. The van der Waals surface area contributed by atoms with E-state index < -0.39 is 20.6 Å². The Morgan fingerprint density at radius 1 is 1.17 bits per heavy atom. The van der Waals surface area contributed by atoms with Crippen molar-refractivity contribution in [1.82, 2.24) is 0 Å². The first-order chi connectivity index (χ1) is 13.8. The van der Waals surface area contributed by atoms with Crippen molar-refractivity contribution in [3.05, 3.63) is 81.8 Å². The highest BCUT2D eigenvalue weighted by molar-refractivity contribution is 7.92. The first-order valence-electron chi connectivity index (χ1n) is 8.17. The summed E-state index contributed by atoms with van der Waals surface area (Å²) < 4.78 is 32.7. The van der Waals surface area contributed by atoms with Gasteiger partial charge in [-0.05, 0) is 55.5 Å². The average Bonchev–Trinajstić information content (AvgIpc) is 3.22. The van der Waals surface area contributed by atoms with E-state index >= 15 is 0 Å². The van der Waals surface area contributed by atoms with Crippen LogP contribution in [0.1, 0.15) is 12.7 Å². The van der Waals surface area contributed by atoms with Crippen molar-refractivity contribution >= 4 is 44.4 Å². The number of hydrogen-bond acceptors (Lipinski definition) is 7. The van der Waals surface area contributed by atoms with Crippen molar-refractivity contribution < 1.29 is 17.8 Å². The number of hydrazone groups is 1. The molecule has 1 aromatic heterocycles. The van der Waals surface area contributed by atoms with Gasteiger partial charge in [0.2, 0.25) is 0 Å². The molecule has 1 heterocycles. The molecule has 9 nitrogen and oxygen atoms in total. The normalized spacial score (nSPS) is 11.9.